The number of halogens is 6. The Hall–Kier alpha value is -1.01. The van der Waals surface area contributed by atoms with E-state index >= 15 is 0 Å². The summed E-state index contributed by atoms with van der Waals surface area (Å²) in [6.07, 6.45) is -2.24. The summed E-state index contributed by atoms with van der Waals surface area (Å²) in [5.74, 6) is -0.267. The number of nitrogens with zero attached hydrogens (tertiary/aromatic N) is 1. The van der Waals surface area contributed by atoms with Gasteiger partial charge in [0, 0.05) is 12.1 Å². The lowest BCUT2D eigenvalue weighted by Gasteiger charge is -2.26. The van der Waals surface area contributed by atoms with E-state index < -0.39 is 30.5 Å². The molecular weight excluding hydrogens is 412 g/mol. The summed E-state index contributed by atoms with van der Waals surface area (Å²) in [6.45, 7) is 0. The van der Waals surface area contributed by atoms with E-state index in [0.717, 1.165) is 29.0 Å². The number of nitro benzene ring substituents is 1. The first-order valence-corrected chi connectivity index (χ1v) is 7.92. The molecule has 0 aromatic heterocycles. The van der Waals surface area contributed by atoms with Crippen molar-refractivity contribution in [3.8, 4) is 5.75 Å². The molecule has 1 N–H and O–H groups in total. The average Bonchev–Trinajstić information content (AvgIpc) is 2.35. The van der Waals surface area contributed by atoms with Crippen LogP contribution in [0.2, 0.25) is 0 Å². The Morgan fingerprint density at radius 2 is 1.65 bits per heavy atom. The van der Waals surface area contributed by atoms with Crippen LogP contribution >= 0.6 is 34.8 Å². The smallest absolute Gasteiger partial charge is 0.470 e. The van der Waals surface area contributed by atoms with Crippen molar-refractivity contribution in [2.75, 3.05) is 0 Å². The summed E-state index contributed by atoms with van der Waals surface area (Å²) in [4.78, 5) is 9.74. The van der Waals surface area contributed by atoms with Gasteiger partial charge in [0.15, 0.2) is 0 Å². The molecule has 1 rings (SSSR count). The Bertz CT molecular complexity index is 675. The Labute approximate surface area is 142 Å². The van der Waals surface area contributed by atoms with Crippen molar-refractivity contribution in [2.45, 2.75) is 15.5 Å². The molecule has 0 aliphatic heterocycles. The third-order valence-electron chi connectivity index (χ3n) is 2.17. The van der Waals surface area contributed by atoms with Gasteiger partial charge in [-0.05, 0) is 12.1 Å². The second kappa shape index (κ2) is 6.85. The highest BCUT2D eigenvalue weighted by Gasteiger charge is 2.50. The number of nitrogens with one attached hydrogen (secondary N) is 1. The van der Waals surface area contributed by atoms with Crippen LogP contribution in [0.15, 0.2) is 24.3 Å². The fourth-order valence-corrected chi connectivity index (χ4v) is 2.28. The summed E-state index contributed by atoms with van der Waals surface area (Å²) >= 11 is 16.2. The predicted molar refractivity (Wildman–Crippen MR) is 75.9 cm³/mol. The van der Waals surface area contributed by atoms with E-state index in [2.05, 4.69) is 0 Å². The van der Waals surface area contributed by atoms with Crippen LogP contribution in [0.4, 0.5) is 18.9 Å². The molecule has 0 spiro atoms. The molecule has 0 saturated carbocycles. The summed E-state index contributed by atoms with van der Waals surface area (Å²) < 4.78 is 62.5. The number of ether oxygens (including phenoxy) is 1. The van der Waals surface area contributed by atoms with Gasteiger partial charge >= 0.3 is 15.5 Å². The molecule has 0 fully saturated rings. The maximum Gasteiger partial charge on any atom is 0.511 e. The second-order valence-electron chi connectivity index (χ2n) is 3.86. The van der Waals surface area contributed by atoms with E-state index in [0.29, 0.717) is 0 Å². The first-order chi connectivity index (χ1) is 10.2. The molecule has 0 aliphatic rings. The molecule has 0 amide bonds. The molecule has 1 atom stereocenters. The normalized spacial score (nSPS) is 14.3. The van der Waals surface area contributed by atoms with Crippen LogP contribution < -0.4 is 9.46 Å². The highest BCUT2D eigenvalue weighted by Crippen LogP contribution is 2.34. The highest BCUT2D eigenvalue weighted by atomic mass is 35.6. The van der Waals surface area contributed by atoms with Crippen molar-refractivity contribution in [3.63, 3.8) is 0 Å². The lowest BCUT2D eigenvalue weighted by atomic mass is 10.3. The number of non-ortho nitro benzene ring substituents is 1. The van der Waals surface area contributed by atoms with E-state index in [1.165, 1.54) is 0 Å². The lowest BCUT2D eigenvalue weighted by molar-refractivity contribution is -0.384. The summed E-state index contributed by atoms with van der Waals surface area (Å²) in [5.41, 5.74) is -5.99. The van der Waals surface area contributed by atoms with Gasteiger partial charge in [-0.15, -0.1) is 0 Å². The second-order valence-corrected chi connectivity index (χ2v) is 7.93. The van der Waals surface area contributed by atoms with Crippen molar-refractivity contribution in [1.82, 2.24) is 4.72 Å². The van der Waals surface area contributed by atoms with Crippen LogP contribution in [0.5, 0.6) is 5.75 Å². The molecule has 7 nitrogen and oxygen atoms in total. The van der Waals surface area contributed by atoms with Crippen LogP contribution in [0, 0.1) is 10.1 Å². The standard InChI is InChI=1S/C9H6Cl3F3N2O5S/c10-8(11,12)7(16-23(20,21)9(13,14)15)22-6-3-1-5(2-4-6)17(18)19/h1-4,7,16H. The summed E-state index contributed by atoms with van der Waals surface area (Å²) in [5, 5.41) is 10.5. The number of hydrogen-bond donors (Lipinski definition) is 1. The van der Waals surface area contributed by atoms with Crippen molar-refractivity contribution in [1.29, 1.82) is 0 Å². The molecule has 0 radical (unpaired) electrons. The Morgan fingerprint density at radius 3 is 2.00 bits per heavy atom. The minimum absolute atomic E-state index is 0.267. The zero-order valence-electron chi connectivity index (χ0n) is 10.6. The molecule has 14 heteroatoms. The molecule has 1 unspecified atom stereocenters. The molecule has 23 heavy (non-hydrogen) atoms. The number of alkyl halides is 6. The summed E-state index contributed by atoms with van der Waals surface area (Å²) in [7, 11) is -5.86. The fourth-order valence-electron chi connectivity index (χ4n) is 1.15. The third kappa shape index (κ3) is 5.53. The van der Waals surface area contributed by atoms with Gasteiger partial charge in [0.05, 0.1) is 4.92 Å². The fraction of sp³-hybridized carbons (Fsp3) is 0.333. The van der Waals surface area contributed by atoms with E-state index in [9.17, 15) is 31.7 Å². The van der Waals surface area contributed by atoms with Crippen LogP contribution in [0.3, 0.4) is 0 Å². The number of nitro groups is 1. The van der Waals surface area contributed by atoms with E-state index in [1.54, 1.807) is 0 Å². The molecule has 0 aliphatic carbocycles. The van der Waals surface area contributed by atoms with Gasteiger partial charge in [-0.25, -0.2) is 8.42 Å². The molecule has 0 heterocycles. The van der Waals surface area contributed by atoms with Crippen molar-refractivity contribution < 1.29 is 31.2 Å². The topological polar surface area (TPSA) is 98.5 Å². The van der Waals surface area contributed by atoms with Crippen LogP contribution in [-0.2, 0) is 10.0 Å². The highest BCUT2D eigenvalue weighted by molar-refractivity contribution is 7.90. The largest absolute Gasteiger partial charge is 0.511 e. The molecule has 0 saturated heterocycles. The number of sulfonamides is 1. The van der Waals surface area contributed by atoms with Gasteiger partial charge in [-0.1, -0.05) is 34.8 Å². The van der Waals surface area contributed by atoms with Gasteiger partial charge in [0.25, 0.3) is 5.69 Å². The van der Waals surface area contributed by atoms with Crippen LogP contribution in [0.1, 0.15) is 0 Å². The Morgan fingerprint density at radius 1 is 1.17 bits per heavy atom. The van der Waals surface area contributed by atoms with Gasteiger partial charge in [0.2, 0.25) is 10.0 Å². The molecule has 1 aromatic carbocycles. The van der Waals surface area contributed by atoms with E-state index in [-0.39, 0.29) is 11.4 Å². The average molecular weight is 418 g/mol. The van der Waals surface area contributed by atoms with Crippen LogP contribution in [-0.4, -0.2) is 28.9 Å². The molecule has 1 aromatic rings. The van der Waals surface area contributed by atoms with Crippen molar-refractivity contribution >= 4 is 50.5 Å². The quantitative estimate of drug-likeness (QED) is 0.343. The number of benzene rings is 1. The first kappa shape index (κ1) is 20.0. The van der Waals surface area contributed by atoms with Gasteiger partial charge in [-0.3, -0.25) is 10.1 Å². The van der Waals surface area contributed by atoms with Gasteiger partial charge in [-0.2, -0.15) is 17.9 Å². The Balaban J connectivity index is 3.03. The SMILES string of the molecule is O=[N+]([O-])c1ccc(OC(NS(=O)(=O)C(F)(F)F)C(Cl)(Cl)Cl)cc1. The van der Waals surface area contributed by atoms with Crippen molar-refractivity contribution in [2.24, 2.45) is 0 Å². The molecule has 130 valence electrons. The zero-order chi connectivity index (χ0) is 18.1. The molecular formula is C9H6Cl3F3N2O5S. The van der Waals surface area contributed by atoms with Gasteiger partial charge < -0.3 is 4.74 Å². The monoisotopic (exact) mass is 416 g/mol. The van der Waals surface area contributed by atoms with E-state index in [1.807, 2.05) is 0 Å². The van der Waals surface area contributed by atoms with E-state index in [4.69, 9.17) is 39.5 Å². The maximum absolute atomic E-state index is 12.4. The summed E-state index contributed by atoms with van der Waals surface area (Å²) in [6, 6.07) is 3.90. The lowest BCUT2D eigenvalue weighted by Crippen LogP contribution is -2.51. The van der Waals surface area contributed by atoms with Gasteiger partial charge in [0.1, 0.15) is 5.75 Å². The van der Waals surface area contributed by atoms with Crippen molar-refractivity contribution in [3.05, 3.63) is 34.4 Å². The first-order valence-electron chi connectivity index (χ1n) is 5.30. The third-order valence-corrected chi connectivity index (χ3v) is 3.89. The number of rotatable bonds is 5. The minimum Gasteiger partial charge on any atom is -0.470 e. The van der Waals surface area contributed by atoms with Crippen LogP contribution in [0.25, 0.3) is 0 Å². The molecule has 0 bridgehead atoms. The maximum atomic E-state index is 12.4. The Kier molecular flexibility index (Phi) is 5.97. The number of hydrogen-bond acceptors (Lipinski definition) is 5. The predicted octanol–water partition coefficient (Wildman–Crippen LogP) is 3.11. The minimum atomic E-state index is -5.86. The zero-order valence-corrected chi connectivity index (χ0v) is 13.6.